The molecule has 1 saturated carbocycles. The van der Waals surface area contributed by atoms with Gasteiger partial charge in [0.15, 0.2) is 0 Å². The molecule has 5 heteroatoms. The molecule has 1 amide bonds. The second kappa shape index (κ2) is 17.1. The number of carbonyl (C=O) groups is 1. The first kappa shape index (κ1) is 23.2. The van der Waals surface area contributed by atoms with Crippen molar-refractivity contribution >= 4 is 10.7 Å². The molecule has 0 radical (unpaired) electrons. The van der Waals surface area contributed by atoms with E-state index in [-0.39, 0.29) is 36.6 Å². The Morgan fingerprint density at radius 1 is 1.22 bits per heavy atom. The molecule has 2 rings (SSSR count). The van der Waals surface area contributed by atoms with Crippen LogP contribution in [0.5, 0.6) is 0 Å². The molecule has 0 aliphatic heterocycles. The van der Waals surface area contributed by atoms with Gasteiger partial charge in [-0.15, -0.1) is 6.42 Å². The molecular weight excluding hydrogens is 305 g/mol. The zero-order valence-electron chi connectivity index (χ0n) is 10.4. The number of allylic oxidation sites excluding steroid dienone is 4. The van der Waals surface area contributed by atoms with E-state index in [4.69, 9.17) is 5.73 Å². The number of halogens is 2. The molecule has 0 aromatic rings. The number of carbonyl (C=O) groups excluding carboxylic acids is 1. The average Bonchev–Trinajstić information content (AvgIpc) is 2.91. The maximum absolute atomic E-state index is 10.5. The molecule has 0 aromatic carbocycles. The molecule has 0 heterocycles. The SMILES string of the molecule is [C-]1=CC=CC1.[CH2]=[Ti+2].[Cl-].[Cl-].[NH-]C(=O)C1CCCCC1. The molecule has 0 atom stereocenters. The molecule has 1 N–H and O–H groups in total. The van der Waals surface area contributed by atoms with Crippen molar-refractivity contribution in [1.29, 1.82) is 0 Å². The molecule has 0 saturated heterocycles. The topological polar surface area (TPSA) is 40.9 Å². The standard InChI is InChI=1S/C7H13NO.C5H5.CH2.2ClH.Ti/c8-7(9)6-4-2-1-3-5-6;1-2-4-5-3-1;;;;/h6H,1-5H2,(H2,8,9);1-3H,4H2;1H2;2*1H;/q;-1;;;;+2/p-3. The predicted molar refractivity (Wildman–Crippen MR) is 64.6 cm³/mol. The monoisotopic (exact) mass is 323 g/mol. The maximum Gasteiger partial charge on any atom is 0.0519 e. The first-order valence-electron chi connectivity index (χ1n) is 5.63. The van der Waals surface area contributed by atoms with Crippen molar-refractivity contribution in [3.8, 4) is 0 Å². The van der Waals surface area contributed by atoms with E-state index >= 15 is 0 Å². The number of hydrogen-bond donors (Lipinski definition) is 0. The Hall–Kier alpha value is 0.114. The largest absolute Gasteiger partial charge is 1.00 e. The normalized spacial score (nSPS) is 16.1. The molecule has 2 nitrogen and oxygen atoms in total. The van der Waals surface area contributed by atoms with E-state index in [0.29, 0.717) is 0 Å². The van der Waals surface area contributed by atoms with Crippen LogP contribution in [0, 0.1) is 12.0 Å². The molecule has 2 aliphatic rings. The van der Waals surface area contributed by atoms with Gasteiger partial charge < -0.3 is 35.3 Å². The Balaban J connectivity index is -0.000000217. The van der Waals surface area contributed by atoms with Crippen LogP contribution in [0.15, 0.2) is 18.2 Å². The fourth-order valence-electron chi connectivity index (χ4n) is 1.70. The minimum Gasteiger partial charge on any atom is -1.00 e. The third kappa shape index (κ3) is 12.6. The quantitative estimate of drug-likeness (QED) is 0.386. The van der Waals surface area contributed by atoms with Crippen LogP contribution in [-0.2, 0) is 24.8 Å². The van der Waals surface area contributed by atoms with Gasteiger partial charge in [0.2, 0.25) is 0 Å². The summed E-state index contributed by atoms with van der Waals surface area (Å²) in [6.07, 6.45) is 15.5. The molecular formula is C13H19Cl2NOTi-2. The number of nitrogens with one attached hydrogen (secondary N) is 1. The fraction of sp³-hybridized carbons (Fsp3) is 0.538. The Bertz CT molecular complexity index is 241. The van der Waals surface area contributed by atoms with Crippen LogP contribution in [0.4, 0.5) is 0 Å². The zero-order chi connectivity index (χ0) is 12.2. The van der Waals surface area contributed by atoms with Gasteiger partial charge in [-0.25, -0.2) is 12.2 Å². The summed E-state index contributed by atoms with van der Waals surface area (Å²) in [5, 5.41) is 0. The van der Waals surface area contributed by atoms with Crippen LogP contribution in [0.25, 0.3) is 5.73 Å². The number of amides is 1. The van der Waals surface area contributed by atoms with Gasteiger partial charge in [0.1, 0.15) is 0 Å². The molecule has 0 spiro atoms. The summed E-state index contributed by atoms with van der Waals surface area (Å²) in [6, 6.07) is 0. The van der Waals surface area contributed by atoms with Crippen LogP contribution >= 0.6 is 0 Å². The van der Waals surface area contributed by atoms with Crippen molar-refractivity contribution in [2.45, 2.75) is 38.5 Å². The van der Waals surface area contributed by atoms with Crippen LogP contribution in [0.2, 0.25) is 0 Å². The smallest absolute Gasteiger partial charge is 0.0519 e. The van der Waals surface area contributed by atoms with E-state index in [0.717, 1.165) is 32.1 Å². The van der Waals surface area contributed by atoms with E-state index in [1.807, 2.05) is 12.2 Å². The number of hydrogen-bond acceptors (Lipinski definition) is 1. The van der Waals surface area contributed by atoms with Gasteiger partial charge in [-0.05, 0) is 12.8 Å². The van der Waals surface area contributed by atoms with E-state index < -0.39 is 0 Å². The summed E-state index contributed by atoms with van der Waals surface area (Å²) in [4.78, 5) is 13.7. The minimum absolute atomic E-state index is 0. The third-order valence-electron chi connectivity index (χ3n) is 2.56. The van der Waals surface area contributed by atoms with Crippen molar-refractivity contribution in [3.05, 3.63) is 30.0 Å². The Labute approximate surface area is 134 Å². The predicted octanol–water partition coefficient (Wildman–Crippen LogP) is -2.58. The van der Waals surface area contributed by atoms with Crippen LogP contribution in [0.1, 0.15) is 38.5 Å². The van der Waals surface area contributed by atoms with Crippen LogP contribution in [0.3, 0.4) is 0 Å². The number of rotatable bonds is 1. The van der Waals surface area contributed by atoms with Gasteiger partial charge in [-0.1, -0.05) is 19.3 Å². The van der Waals surface area contributed by atoms with Gasteiger partial charge in [-0.3, -0.25) is 6.08 Å². The first-order chi connectivity index (χ1) is 7.80. The first-order valence-corrected chi connectivity index (χ1v) is 6.73. The summed E-state index contributed by atoms with van der Waals surface area (Å²) in [5.74, 6) is -0.270. The second-order valence-corrected chi connectivity index (χ2v) is 3.70. The average molecular weight is 324 g/mol. The molecule has 0 unspecified atom stereocenters. The third-order valence-corrected chi connectivity index (χ3v) is 2.56. The summed E-state index contributed by atoms with van der Waals surface area (Å²) >= 11 is 1.75. The minimum atomic E-state index is -0.352. The molecule has 2 aliphatic carbocycles. The van der Waals surface area contributed by atoms with Crippen molar-refractivity contribution in [1.82, 2.24) is 0 Å². The van der Waals surface area contributed by atoms with Crippen LogP contribution in [-0.4, -0.2) is 10.7 Å². The van der Waals surface area contributed by atoms with E-state index in [1.54, 1.807) is 20.0 Å². The van der Waals surface area contributed by atoms with Crippen molar-refractivity contribution in [2.75, 3.05) is 0 Å². The fourth-order valence-corrected chi connectivity index (χ4v) is 1.70. The van der Waals surface area contributed by atoms with Crippen molar-refractivity contribution in [3.63, 3.8) is 0 Å². The molecule has 1 fully saturated rings. The summed E-state index contributed by atoms with van der Waals surface area (Å²) < 4.78 is 0. The molecule has 18 heavy (non-hydrogen) atoms. The summed E-state index contributed by atoms with van der Waals surface area (Å²) in [5.41, 5.74) is 6.83. The molecule has 0 aromatic heterocycles. The second-order valence-electron chi connectivity index (χ2n) is 3.70. The Kier molecular flexibility index (Phi) is 22.1. The van der Waals surface area contributed by atoms with Crippen LogP contribution < -0.4 is 24.8 Å². The van der Waals surface area contributed by atoms with Gasteiger partial charge >= 0.3 is 24.8 Å². The summed E-state index contributed by atoms with van der Waals surface area (Å²) in [6.45, 7) is 0. The van der Waals surface area contributed by atoms with E-state index in [1.165, 1.54) is 6.42 Å². The maximum atomic E-state index is 10.5. The Morgan fingerprint density at radius 3 is 2.00 bits per heavy atom. The van der Waals surface area contributed by atoms with Crippen molar-refractivity contribution in [2.24, 2.45) is 5.92 Å². The van der Waals surface area contributed by atoms with Gasteiger partial charge in [0.25, 0.3) is 0 Å². The van der Waals surface area contributed by atoms with E-state index in [2.05, 4.69) is 17.0 Å². The summed E-state index contributed by atoms with van der Waals surface area (Å²) in [7, 11) is 0. The zero-order valence-corrected chi connectivity index (χ0v) is 13.5. The van der Waals surface area contributed by atoms with Crippen molar-refractivity contribution < 1.29 is 49.6 Å². The van der Waals surface area contributed by atoms with Gasteiger partial charge in [0.05, 0.1) is 5.91 Å². The van der Waals surface area contributed by atoms with E-state index in [9.17, 15) is 4.79 Å². The Morgan fingerprint density at radius 2 is 1.78 bits per heavy atom. The van der Waals surface area contributed by atoms with Gasteiger partial charge in [0, 0.05) is 5.92 Å². The molecule has 102 valence electrons. The van der Waals surface area contributed by atoms with Gasteiger partial charge in [-0.2, -0.15) is 6.08 Å². The molecule has 0 bridgehead atoms.